The van der Waals surface area contributed by atoms with Crippen molar-refractivity contribution in [2.24, 2.45) is 5.92 Å². The van der Waals surface area contributed by atoms with Gasteiger partial charge >= 0.3 is 0 Å². The van der Waals surface area contributed by atoms with E-state index >= 15 is 0 Å². The largest absolute Gasteiger partial charge is 0.496 e. The fourth-order valence-electron chi connectivity index (χ4n) is 4.25. The third-order valence-corrected chi connectivity index (χ3v) is 5.70. The Morgan fingerprint density at radius 3 is 2.86 bits per heavy atom. The molecule has 0 radical (unpaired) electrons. The summed E-state index contributed by atoms with van der Waals surface area (Å²) < 4.78 is 7.54. The zero-order valence-electron chi connectivity index (χ0n) is 18.0. The number of piperidine rings is 1. The van der Waals surface area contributed by atoms with Crippen molar-refractivity contribution in [3.05, 3.63) is 47.8 Å². The summed E-state index contributed by atoms with van der Waals surface area (Å²) in [5.74, 6) is 1.76. The lowest BCUT2D eigenvalue weighted by Crippen LogP contribution is -2.40. The lowest BCUT2D eigenvalue weighted by Gasteiger charge is -2.34. The van der Waals surface area contributed by atoms with E-state index in [1.165, 1.54) is 37.1 Å². The number of para-hydroxylation sites is 1. The first kappa shape index (κ1) is 20.9. The quantitative estimate of drug-likeness (QED) is 0.657. The lowest BCUT2D eigenvalue weighted by molar-refractivity contribution is 0.142. The number of nitrogens with zero attached hydrogens (tertiary/aromatic N) is 4. The van der Waals surface area contributed by atoms with Crippen molar-refractivity contribution in [1.29, 1.82) is 0 Å². The summed E-state index contributed by atoms with van der Waals surface area (Å²) in [5.41, 5.74) is 2.62. The Balaban J connectivity index is 1.46. The molecule has 0 unspecified atom stereocenters. The molecule has 154 valence electrons. The van der Waals surface area contributed by atoms with E-state index in [1.54, 1.807) is 7.11 Å². The third kappa shape index (κ3) is 5.82. The summed E-state index contributed by atoms with van der Waals surface area (Å²) in [7, 11) is 4.00. The zero-order valence-corrected chi connectivity index (χ0v) is 18.0. The maximum atomic E-state index is 5.50. The SMILES string of the molecule is COc1ccccc1CCN1CCC[C@H](CN(C)Cc2cnn(C(C)C)c2)C1. The molecule has 1 aliphatic rings. The Kier molecular flexibility index (Phi) is 7.51. The summed E-state index contributed by atoms with van der Waals surface area (Å²) in [6, 6.07) is 8.82. The number of ether oxygens (including phenoxy) is 1. The number of aromatic nitrogens is 2. The Hall–Kier alpha value is -1.85. The summed E-state index contributed by atoms with van der Waals surface area (Å²) in [4.78, 5) is 5.08. The van der Waals surface area contributed by atoms with Gasteiger partial charge in [0, 0.05) is 44.0 Å². The smallest absolute Gasteiger partial charge is 0.122 e. The van der Waals surface area contributed by atoms with Crippen molar-refractivity contribution >= 4 is 0 Å². The van der Waals surface area contributed by atoms with Gasteiger partial charge in [-0.1, -0.05) is 18.2 Å². The van der Waals surface area contributed by atoms with E-state index in [1.807, 2.05) is 16.9 Å². The third-order valence-electron chi connectivity index (χ3n) is 5.70. The molecular formula is C23H36N4O. The summed E-state index contributed by atoms with van der Waals surface area (Å²) in [6.07, 6.45) is 7.88. The molecule has 2 aromatic rings. The van der Waals surface area contributed by atoms with Crippen LogP contribution < -0.4 is 4.74 Å². The Labute approximate surface area is 170 Å². The highest BCUT2D eigenvalue weighted by Crippen LogP contribution is 2.21. The molecule has 1 aromatic heterocycles. The van der Waals surface area contributed by atoms with Gasteiger partial charge in [-0.15, -0.1) is 0 Å². The predicted molar refractivity (Wildman–Crippen MR) is 115 cm³/mol. The molecule has 0 amide bonds. The van der Waals surface area contributed by atoms with Crippen LogP contribution >= 0.6 is 0 Å². The summed E-state index contributed by atoms with van der Waals surface area (Å²) >= 11 is 0. The van der Waals surface area contributed by atoms with Crippen molar-refractivity contribution in [2.75, 3.05) is 40.3 Å². The second-order valence-corrected chi connectivity index (χ2v) is 8.49. The number of rotatable bonds is 9. The molecule has 3 rings (SSSR count). The second-order valence-electron chi connectivity index (χ2n) is 8.49. The average molecular weight is 385 g/mol. The maximum absolute atomic E-state index is 5.50. The van der Waals surface area contributed by atoms with Gasteiger partial charge in [0.05, 0.1) is 13.3 Å². The molecule has 1 fully saturated rings. The molecule has 1 atom stereocenters. The number of hydrogen-bond acceptors (Lipinski definition) is 4. The molecule has 0 saturated carbocycles. The van der Waals surface area contributed by atoms with Crippen LogP contribution in [-0.2, 0) is 13.0 Å². The van der Waals surface area contributed by atoms with Crippen LogP contribution in [0.3, 0.4) is 0 Å². The van der Waals surface area contributed by atoms with Gasteiger partial charge in [0.15, 0.2) is 0 Å². The molecule has 28 heavy (non-hydrogen) atoms. The van der Waals surface area contributed by atoms with Crippen LogP contribution in [0.4, 0.5) is 0 Å². The van der Waals surface area contributed by atoms with Gasteiger partial charge in [0.1, 0.15) is 5.75 Å². The van der Waals surface area contributed by atoms with Gasteiger partial charge in [0.25, 0.3) is 0 Å². The van der Waals surface area contributed by atoms with Crippen LogP contribution in [0.2, 0.25) is 0 Å². The van der Waals surface area contributed by atoms with Crippen molar-refractivity contribution < 1.29 is 4.74 Å². The van der Waals surface area contributed by atoms with E-state index in [-0.39, 0.29) is 0 Å². The normalized spacial score (nSPS) is 18.1. The van der Waals surface area contributed by atoms with Crippen molar-refractivity contribution in [2.45, 2.75) is 45.7 Å². The number of likely N-dealkylation sites (tertiary alicyclic amines) is 1. The minimum Gasteiger partial charge on any atom is -0.496 e. The highest BCUT2D eigenvalue weighted by Gasteiger charge is 2.21. The molecule has 0 spiro atoms. The Bertz CT molecular complexity index is 727. The number of hydrogen-bond donors (Lipinski definition) is 0. The van der Waals surface area contributed by atoms with Crippen LogP contribution in [0.5, 0.6) is 5.75 Å². The van der Waals surface area contributed by atoms with E-state index in [0.717, 1.165) is 37.7 Å². The van der Waals surface area contributed by atoms with Crippen LogP contribution in [0, 0.1) is 5.92 Å². The number of methoxy groups -OCH3 is 1. The van der Waals surface area contributed by atoms with Gasteiger partial charge in [-0.2, -0.15) is 5.10 Å². The van der Waals surface area contributed by atoms with E-state index in [4.69, 9.17) is 4.74 Å². The second kappa shape index (κ2) is 10.1. The topological polar surface area (TPSA) is 33.5 Å². The van der Waals surface area contributed by atoms with E-state index < -0.39 is 0 Å². The van der Waals surface area contributed by atoms with E-state index in [2.05, 4.69) is 60.2 Å². The minimum absolute atomic E-state index is 0.425. The summed E-state index contributed by atoms with van der Waals surface area (Å²) in [6.45, 7) is 10.00. The molecule has 5 heteroatoms. The van der Waals surface area contributed by atoms with Crippen LogP contribution in [-0.4, -0.2) is 59.9 Å². The standard InChI is InChI=1S/C23H36N4O/c1-19(2)27-18-21(14-24-27)16-25(3)15-20-8-7-12-26(17-20)13-11-22-9-5-6-10-23(22)28-4/h5-6,9-10,14,18-20H,7-8,11-13,15-17H2,1-4H3/t20-/m1/s1. The first-order chi connectivity index (χ1) is 13.5. The van der Waals surface area contributed by atoms with Crippen molar-refractivity contribution in [1.82, 2.24) is 19.6 Å². The monoisotopic (exact) mass is 384 g/mol. The van der Waals surface area contributed by atoms with Gasteiger partial charge in [0.2, 0.25) is 0 Å². The van der Waals surface area contributed by atoms with Crippen molar-refractivity contribution in [3.8, 4) is 5.75 Å². The Morgan fingerprint density at radius 1 is 1.29 bits per heavy atom. The first-order valence-corrected chi connectivity index (χ1v) is 10.6. The molecule has 0 bridgehead atoms. The molecule has 0 N–H and O–H groups in total. The highest BCUT2D eigenvalue weighted by molar-refractivity contribution is 5.33. The fourth-order valence-corrected chi connectivity index (χ4v) is 4.25. The van der Waals surface area contributed by atoms with Crippen LogP contribution in [0.1, 0.15) is 43.9 Å². The zero-order chi connectivity index (χ0) is 19.9. The molecular weight excluding hydrogens is 348 g/mol. The average Bonchev–Trinajstić information content (AvgIpc) is 3.15. The van der Waals surface area contributed by atoms with Crippen LogP contribution in [0.25, 0.3) is 0 Å². The first-order valence-electron chi connectivity index (χ1n) is 10.6. The molecule has 1 aromatic carbocycles. The van der Waals surface area contributed by atoms with Gasteiger partial charge in [-0.3, -0.25) is 4.68 Å². The minimum atomic E-state index is 0.425. The fraction of sp³-hybridized carbons (Fsp3) is 0.609. The Morgan fingerprint density at radius 2 is 2.11 bits per heavy atom. The van der Waals surface area contributed by atoms with E-state index in [0.29, 0.717) is 6.04 Å². The molecule has 1 aliphatic heterocycles. The van der Waals surface area contributed by atoms with Crippen molar-refractivity contribution in [3.63, 3.8) is 0 Å². The maximum Gasteiger partial charge on any atom is 0.122 e. The van der Waals surface area contributed by atoms with Crippen LogP contribution in [0.15, 0.2) is 36.7 Å². The predicted octanol–water partition coefficient (Wildman–Crippen LogP) is 3.86. The highest BCUT2D eigenvalue weighted by atomic mass is 16.5. The molecule has 1 saturated heterocycles. The lowest BCUT2D eigenvalue weighted by atomic mass is 9.97. The number of benzene rings is 1. The van der Waals surface area contributed by atoms with E-state index in [9.17, 15) is 0 Å². The van der Waals surface area contributed by atoms with Gasteiger partial charge in [-0.05, 0) is 64.3 Å². The molecule has 0 aliphatic carbocycles. The van der Waals surface area contributed by atoms with Gasteiger partial charge < -0.3 is 14.5 Å². The summed E-state index contributed by atoms with van der Waals surface area (Å²) in [5, 5.41) is 4.47. The van der Waals surface area contributed by atoms with Gasteiger partial charge in [-0.25, -0.2) is 0 Å². The molecule has 2 heterocycles. The molecule has 5 nitrogen and oxygen atoms in total.